The van der Waals surface area contributed by atoms with Gasteiger partial charge in [-0.25, -0.2) is 9.50 Å². The van der Waals surface area contributed by atoms with E-state index in [-0.39, 0.29) is 0 Å². The highest BCUT2D eigenvalue weighted by molar-refractivity contribution is 6.04. The average Bonchev–Trinajstić information content (AvgIpc) is 3.26. The fourth-order valence-electron chi connectivity index (χ4n) is 3.83. The standard InChI is InChI=1S/C22H21N5/c1-14-13-23-15(2)20-12-17(25-27(14)20)9-11-21-24-22-18-7-5-4-6-16(18)8-10-19(22)26(21)3/h4-8,10,12-13H,9,11H2,1-3H3. The topological polar surface area (TPSA) is 48.0 Å². The predicted octanol–water partition coefficient (Wildman–Crippen LogP) is 4.17. The van der Waals surface area contributed by atoms with Gasteiger partial charge in [0, 0.05) is 25.1 Å². The highest BCUT2D eigenvalue weighted by Crippen LogP contribution is 2.25. The van der Waals surface area contributed by atoms with Crippen molar-refractivity contribution in [3.8, 4) is 0 Å². The van der Waals surface area contributed by atoms with Crippen LogP contribution in [-0.4, -0.2) is 24.1 Å². The molecule has 0 radical (unpaired) electrons. The zero-order valence-electron chi connectivity index (χ0n) is 15.8. The highest BCUT2D eigenvalue weighted by Gasteiger charge is 2.12. The van der Waals surface area contributed by atoms with Crippen molar-refractivity contribution in [1.29, 1.82) is 0 Å². The van der Waals surface area contributed by atoms with E-state index in [1.807, 2.05) is 24.6 Å². The maximum atomic E-state index is 4.96. The third kappa shape index (κ3) is 2.50. The molecule has 5 rings (SSSR count). The van der Waals surface area contributed by atoms with Crippen LogP contribution in [-0.2, 0) is 19.9 Å². The second kappa shape index (κ2) is 5.91. The van der Waals surface area contributed by atoms with E-state index in [9.17, 15) is 0 Å². The molecule has 2 aromatic carbocycles. The quantitative estimate of drug-likeness (QED) is 0.488. The van der Waals surface area contributed by atoms with Crippen LogP contribution in [0, 0.1) is 13.8 Å². The zero-order valence-corrected chi connectivity index (χ0v) is 15.8. The van der Waals surface area contributed by atoms with E-state index >= 15 is 0 Å². The summed E-state index contributed by atoms with van der Waals surface area (Å²) in [7, 11) is 2.10. The Morgan fingerprint density at radius 3 is 2.67 bits per heavy atom. The van der Waals surface area contributed by atoms with Gasteiger partial charge in [0.15, 0.2) is 0 Å². The van der Waals surface area contributed by atoms with Gasteiger partial charge in [-0.3, -0.25) is 4.98 Å². The van der Waals surface area contributed by atoms with E-state index in [0.717, 1.165) is 46.8 Å². The van der Waals surface area contributed by atoms with Crippen LogP contribution in [0.15, 0.2) is 48.7 Å². The van der Waals surface area contributed by atoms with Crippen molar-refractivity contribution in [3.05, 3.63) is 71.6 Å². The van der Waals surface area contributed by atoms with Gasteiger partial charge in [-0.05, 0) is 37.8 Å². The maximum absolute atomic E-state index is 4.96. The van der Waals surface area contributed by atoms with Gasteiger partial charge < -0.3 is 4.57 Å². The third-order valence-electron chi connectivity index (χ3n) is 5.38. The minimum Gasteiger partial charge on any atom is -0.331 e. The Morgan fingerprint density at radius 2 is 1.81 bits per heavy atom. The van der Waals surface area contributed by atoms with Gasteiger partial charge in [-0.2, -0.15) is 5.10 Å². The minimum absolute atomic E-state index is 0.856. The summed E-state index contributed by atoms with van der Waals surface area (Å²) in [6, 6.07) is 14.9. The Kier molecular flexibility index (Phi) is 3.50. The lowest BCUT2D eigenvalue weighted by Gasteiger charge is -2.01. The Morgan fingerprint density at radius 1 is 0.963 bits per heavy atom. The van der Waals surface area contributed by atoms with Crippen LogP contribution in [0.1, 0.15) is 22.9 Å². The molecule has 5 nitrogen and oxygen atoms in total. The molecule has 0 aliphatic carbocycles. The molecule has 0 fully saturated rings. The monoisotopic (exact) mass is 355 g/mol. The van der Waals surface area contributed by atoms with Gasteiger partial charge >= 0.3 is 0 Å². The molecule has 0 bridgehead atoms. The summed E-state index contributed by atoms with van der Waals surface area (Å²) in [5, 5.41) is 7.20. The van der Waals surface area contributed by atoms with Crippen molar-refractivity contribution in [3.63, 3.8) is 0 Å². The molecule has 27 heavy (non-hydrogen) atoms. The number of benzene rings is 2. The molecule has 5 heteroatoms. The SMILES string of the molecule is Cc1ncc(C)n2nc(CCc3nc4c5ccccc5ccc4n3C)cc12. The summed E-state index contributed by atoms with van der Waals surface area (Å²) in [5.74, 6) is 1.09. The van der Waals surface area contributed by atoms with Gasteiger partial charge in [-0.1, -0.05) is 30.3 Å². The van der Waals surface area contributed by atoms with Crippen LogP contribution in [0.25, 0.3) is 27.3 Å². The van der Waals surface area contributed by atoms with Crippen molar-refractivity contribution < 1.29 is 0 Å². The molecule has 0 atom stereocenters. The smallest absolute Gasteiger partial charge is 0.110 e. The van der Waals surface area contributed by atoms with Crippen LogP contribution in [0.3, 0.4) is 0 Å². The average molecular weight is 355 g/mol. The second-order valence-electron chi connectivity index (χ2n) is 7.16. The molecule has 3 heterocycles. The van der Waals surface area contributed by atoms with Crippen molar-refractivity contribution >= 4 is 27.3 Å². The molecule has 0 saturated heterocycles. The van der Waals surface area contributed by atoms with Crippen LogP contribution in [0.5, 0.6) is 0 Å². The molecule has 0 amide bonds. The largest absolute Gasteiger partial charge is 0.331 e. The van der Waals surface area contributed by atoms with E-state index in [4.69, 9.17) is 10.1 Å². The van der Waals surface area contributed by atoms with Crippen molar-refractivity contribution in [2.45, 2.75) is 26.7 Å². The lowest BCUT2D eigenvalue weighted by Crippen LogP contribution is -2.01. The molecule has 0 spiro atoms. The Labute approximate surface area is 157 Å². The van der Waals surface area contributed by atoms with Gasteiger partial charge in [0.25, 0.3) is 0 Å². The number of rotatable bonds is 3. The molecule has 0 aliphatic rings. The molecular formula is C22H21N5. The predicted molar refractivity (Wildman–Crippen MR) is 108 cm³/mol. The van der Waals surface area contributed by atoms with Crippen LogP contribution >= 0.6 is 0 Å². The number of fused-ring (bicyclic) bond motifs is 4. The first-order chi connectivity index (χ1) is 13.1. The van der Waals surface area contributed by atoms with Crippen LogP contribution in [0.2, 0.25) is 0 Å². The Balaban J connectivity index is 1.52. The number of hydrogen-bond acceptors (Lipinski definition) is 3. The number of nitrogens with zero attached hydrogens (tertiary/aromatic N) is 5. The Hall–Kier alpha value is -3.21. The van der Waals surface area contributed by atoms with E-state index < -0.39 is 0 Å². The second-order valence-corrected chi connectivity index (χ2v) is 7.16. The third-order valence-corrected chi connectivity index (χ3v) is 5.38. The van der Waals surface area contributed by atoms with E-state index in [2.05, 4.69) is 59.1 Å². The number of hydrogen-bond donors (Lipinski definition) is 0. The normalized spacial score (nSPS) is 11.8. The molecule has 3 aromatic heterocycles. The molecule has 0 N–H and O–H groups in total. The first-order valence-electron chi connectivity index (χ1n) is 9.26. The molecule has 0 unspecified atom stereocenters. The number of imidazole rings is 1. The Bertz CT molecular complexity index is 1270. The summed E-state index contributed by atoms with van der Waals surface area (Å²) in [5.41, 5.74) is 6.47. The van der Waals surface area contributed by atoms with Crippen LogP contribution < -0.4 is 0 Å². The van der Waals surface area contributed by atoms with Gasteiger partial charge in [0.05, 0.1) is 33.6 Å². The molecule has 5 aromatic rings. The van der Waals surface area contributed by atoms with Gasteiger partial charge in [0.2, 0.25) is 0 Å². The summed E-state index contributed by atoms with van der Waals surface area (Å²) in [6.45, 7) is 4.06. The summed E-state index contributed by atoms with van der Waals surface area (Å²) in [4.78, 5) is 9.39. The molecule has 0 saturated carbocycles. The fourth-order valence-corrected chi connectivity index (χ4v) is 3.83. The first-order valence-corrected chi connectivity index (χ1v) is 9.26. The number of aromatic nitrogens is 5. The maximum Gasteiger partial charge on any atom is 0.110 e. The zero-order chi connectivity index (χ0) is 18.5. The first kappa shape index (κ1) is 16.0. The van der Waals surface area contributed by atoms with Crippen molar-refractivity contribution in [2.75, 3.05) is 0 Å². The van der Waals surface area contributed by atoms with E-state index in [0.29, 0.717) is 0 Å². The summed E-state index contributed by atoms with van der Waals surface area (Å²) in [6.07, 6.45) is 3.58. The fraction of sp³-hybridized carbons (Fsp3) is 0.227. The van der Waals surface area contributed by atoms with Crippen LogP contribution in [0.4, 0.5) is 0 Å². The van der Waals surface area contributed by atoms with Crippen molar-refractivity contribution in [1.82, 2.24) is 24.1 Å². The lowest BCUT2D eigenvalue weighted by atomic mass is 10.1. The summed E-state index contributed by atoms with van der Waals surface area (Å²) < 4.78 is 4.19. The van der Waals surface area contributed by atoms with E-state index in [1.54, 1.807) is 0 Å². The summed E-state index contributed by atoms with van der Waals surface area (Å²) >= 11 is 0. The van der Waals surface area contributed by atoms with Crippen molar-refractivity contribution in [2.24, 2.45) is 7.05 Å². The van der Waals surface area contributed by atoms with Gasteiger partial charge in [0.1, 0.15) is 5.82 Å². The minimum atomic E-state index is 0.856. The van der Waals surface area contributed by atoms with Gasteiger partial charge in [-0.15, -0.1) is 0 Å². The lowest BCUT2D eigenvalue weighted by molar-refractivity contribution is 0.761. The molecule has 134 valence electrons. The highest BCUT2D eigenvalue weighted by atomic mass is 15.2. The molecule has 0 aliphatic heterocycles. The number of aryl methyl sites for hydroxylation is 5. The molecular weight excluding hydrogens is 334 g/mol. The van der Waals surface area contributed by atoms with E-state index in [1.165, 1.54) is 16.3 Å².